The maximum absolute atomic E-state index is 12.1. The van der Waals surface area contributed by atoms with E-state index in [1.807, 2.05) is 25.1 Å². The van der Waals surface area contributed by atoms with Crippen LogP contribution in [0.3, 0.4) is 0 Å². The molecule has 1 saturated carbocycles. The van der Waals surface area contributed by atoms with Gasteiger partial charge in [-0.05, 0) is 75.4 Å². The minimum absolute atomic E-state index is 0.303. The molecule has 0 spiro atoms. The molecule has 2 N–H and O–H groups in total. The number of rotatable bonds is 8. The first-order valence-corrected chi connectivity index (χ1v) is 12.6. The largest absolute Gasteiger partial charge is 0.356 e. The number of nitrogens with zero attached hydrogens (tertiary/aromatic N) is 4. The van der Waals surface area contributed by atoms with Crippen LogP contribution in [0.25, 0.3) is 0 Å². The first-order chi connectivity index (χ1) is 16.0. The Bertz CT molecular complexity index is 1130. The molecule has 0 amide bonds. The number of piperidine rings is 1. The van der Waals surface area contributed by atoms with Gasteiger partial charge in [0.2, 0.25) is 0 Å². The second-order valence-corrected chi connectivity index (χ2v) is 10.1. The predicted octanol–water partition coefficient (Wildman–Crippen LogP) is 5.22. The van der Waals surface area contributed by atoms with E-state index in [0.717, 1.165) is 65.1 Å². The van der Waals surface area contributed by atoms with E-state index in [1.54, 1.807) is 11.8 Å². The molecule has 3 heterocycles. The molecule has 0 radical (unpaired) electrons. The number of aryl methyl sites for hydroxylation is 1. The van der Waals surface area contributed by atoms with E-state index in [2.05, 4.69) is 39.5 Å². The van der Waals surface area contributed by atoms with Gasteiger partial charge in [0.15, 0.2) is 11.0 Å². The number of ketones is 1. The average molecular weight is 463 g/mol. The number of carbonyl (C=O) groups excluding carboxylic acids is 1. The second kappa shape index (κ2) is 9.55. The minimum Gasteiger partial charge on any atom is -0.356 e. The van der Waals surface area contributed by atoms with Crippen LogP contribution in [-0.2, 0) is 11.2 Å². The lowest BCUT2D eigenvalue weighted by Crippen LogP contribution is -2.31. The number of aromatic amines is 1. The molecule has 1 aliphatic carbocycles. The van der Waals surface area contributed by atoms with Crippen LogP contribution in [0, 0.1) is 19.8 Å². The van der Waals surface area contributed by atoms with Gasteiger partial charge < -0.3 is 10.2 Å². The SMILES string of the molecule is Cc1cc(Nc2nc(Sc3ccc(CC(=O)C4CC4)cc3)nc(N3CCCCC3)c2C)n[nH]1. The molecule has 8 heteroatoms. The summed E-state index contributed by atoms with van der Waals surface area (Å²) in [4.78, 5) is 25.3. The third-order valence-corrected chi connectivity index (χ3v) is 7.12. The summed E-state index contributed by atoms with van der Waals surface area (Å²) in [6, 6.07) is 10.2. The van der Waals surface area contributed by atoms with Gasteiger partial charge in [-0.1, -0.05) is 12.1 Å². The molecule has 1 aromatic carbocycles. The lowest BCUT2D eigenvalue weighted by molar-refractivity contribution is -0.119. The van der Waals surface area contributed by atoms with Crippen molar-refractivity contribution in [3.05, 3.63) is 47.2 Å². The number of carbonyl (C=O) groups is 1. The average Bonchev–Trinajstić information content (AvgIpc) is 3.60. The molecule has 3 aromatic rings. The molecule has 1 saturated heterocycles. The van der Waals surface area contributed by atoms with E-state index in [-0.39, 0.29) is 0 Å². The Morgan fingerprint density at radius 3 is 2.55 bits per heavy atom. The summed E-state index contributed by atoms with van der Waals surface area (Å²) in [6.07, 6.45) is 6.31. The number of nitrogens with one attached hydrogen (secondary N) is 2. The molecule has 7 nitrogen and oxygen atoms in total. The molecular formula is C25H30N6OS. The molecule has 2 aliphatic rings. The minimum atomic E-state index is 0.303. The van der Waals surface area contributed by atoms with Crippen LogP contribution in [0.2, 0.25) is 0 Å². The summed E-state index contributed by atoms with van der Waals surface area (Å²) in [5.41, 5.74) is 3.11. The van der Waals surface area contributed by atoms with Crippen molar-refractivity contribution in [2.45, 2.75) is 62.4 Å². The van der Waals surface area contributed by atoms with Gasteiger partial charge >= 0.3 is 0 Å². The Morgan fingerprint density at radius 2 is 1.88 bits per heavy atom. The molecule has 172 valence electrons. The van der Waals surface area contributed by atoms with Gasteiger partial charge in [-0.2, -0.15) is 5.10 Å². The van der Waals surface area contributed by atoms with E-state index in [9.17, 15) is 4.79 Å². The van der Waals surface area contributed by atoms with Gasteiger partial charge in [-0.25, -0.2) is 9.97 Å². The van der Waals surface area contributed by atoms with Gasteiger partial charge in [0.05, 0.1) is 0 Å². The number of anilines is 3. The Balaban J connectivity index is 1.39. The lowest BCUT2D eigenvalue weighted by atomic mass is 10.1. The number of H-pyrrole nitrogens is 1. The zero-order valence-electron chi connectivity index (χ0n) is 19.2. The summed E-state index contributed by atoms with van der Waals surface area (Å²) >= 11 is 1.55. The van der Waals surface area contributed by atoms with Gasteiger partial charge in [-0.3, -0.25) is 9.89 Å². The van der Waals surface area contributed by atoms with Crippen molar-refractivity contribution >= 4 is 35.0 Å². The van der Waals surface area contributed by atoms with Crippen molar-refractivity contribution in [3.8, 4) is 0 Å². The zero-order valence-corrected chi connectivity index (χ0v) is 20.0. The van der Waals surface area contributed by atoms with Crippen LogP contribution in [0.4, 0.5) is 17.5 Å². The highest BCUT2D eigenvalue weighted by Gasteiger charge is 2.29. The van der Waals surface area contributed by atoms with Crippen LogP contribution in [0.15, 0.2) is 40.4 Å². The van der Waals surface area contributed by atoms with Crippen LogP contribution in [0.5, 0.6) is 0 Å². The fourth-order valence-electron chi connectivity index (χ4n) is 4.20. The lowest BCUT2D eigenvalue weighted by Gasteiger charge is -2.29. The molecule has 0 atom stereocenters. The highest BCUT2D eigenvalue weighted by atomic mass is 32.2. The monoisotopic (exact) mass is 462 g/mol. The number of benzene rings is 1. The molecule has 2 aromatic heterocycles. The molecule has 33 heavy (non-hydrogen) atoms. The van der Waals surface area contributed by atoms with E-state index in [0.29, 0.717) is 23.3 Å². The second-order valence-electron chi connectivity index (χ2n) is 9.08. The third-order valence-electron chi connectivity index (χ3n) is 6.25. The third kappa shape index (κ3) is 5.38. The van der Waals surface area contributed by atoms with E-state index < -0.39 is 0 Å². The first-order valence-electron chi connectivity index (χ1n) is 11.8. The highest BCUT2D eigenvalue weighted by Crippen LogP contribution is 2.34. The van der Waals surface area contributed by atoms with Crippen molar-refractivity contribution in [2.75, 3.05) is 23.3 Å². The number of aromatic nitrogens is 4. The summed E-state index contributed by atoms with van der Waals surface area (Å²) in [5, 5.41) is 11.4. The molecular weight excluding hydrogens is 432 g/mol. The Morgan fingerprint density at radius 1 is 1.12 bits per heavy atom. The normalized spacial score (nSPS) is 16.1. The number of Topliss-reactive ketones (excluding diaryl/α,β-unsaturated/α-hetero) is 1. The quantitative estimate of drug-likeness (QED) is 0.444. The van der Waals surface area contributed by atoms with Crippen molar-refractivity contribution in [1.29, 1.82) is 0 Å². The smallest absolute Gasteiger partial charge is 0.196 e. The standard InChI is InChI=1S/C25H30N6OS/c1-16-14-22(30-29-16)26-23-17(2)24(31-12-4-3-5-13-31)28-25(27-23)33-20-10-6-18(7-11-20)15-21(32)19-8-9-19/h6-7,10-11,14,19H,3-5,8-9,12-13,15H2,1-2H3,(H2,26,27,28,29,30). The highest BCUT2D eigenvalue weighted by molar-refractivity contribution is 7.99. The maximum Gasteiger partial charge on any atom is 0.196 e. The molecule has 2 fully saturated rings. The van der Waals surface area contributed by atoms with E-state index in [4.69, 9.17) is 9.97 Å². The Kier molecular flexibility index (Phi) is 6.35. The zero-order chi connectivity index (χ0) is 22.8. The molecule has 5 rings (SSSR count). The van der Waals surface area contributed by atoms with Crippen molar-refractivity contribution < 1.29 is 4.79 Å². The Hall–Kier alpha value is -2.87. The van der Waals surface area contributed by atoms with Crippen LogP contribution in [0.1, 0.15) is 48.9 Å². The van der Waals surface area contributed by atoms with Gasteiger partial charge in [0.25, 0.3) is 0 Å². The van der Waals surface area contributed by atoms with Crippen molar-refractivity contribution in [1.82, 2.24) is 20.2 Å². The number of hydrogen-bond donors (Lipinski definition) is 2. The van der Waals surface area contributed by atoms with Crippen molar-refractivity contribution in [3.63, 3.8) is 0 Å². The van der Waals surface area contributed by atoms with E-state index in [1.165, 1.54) is 19.3 Å². The van der Waals surface area contributed by atoms with Crippen LogP contribution in [-0.4, -0.2) is 39.0 Å². The summed E-state index contributed by atoms with van der Waals surface area (Å²) in [6.45, 7) is 6.10. The molecule has 1 aliphatic heterocycles. The van der Waals surface area contributed by atoms with Gasteiger partial charge in [0, 0.05) is 47.6 Å². The van der Waals surface area contributed by atoms with E-state index >= 15 is 0 Å². The maximum atomic E-state index is 12.1. The predicted molar refractivity (Wildman–Crippen MR) is 131 cm³/mol. The Labute approximate surface area is 198 Å². The van der Waals surface area contributed by atoms with Crippen LogP contribution < -0.4 is 10.2 Å². The summed E-state index contributed by atoms with van der Waals surface area (Å²) < 4.78 is 0. The molecule has 0 unspecified atom stereocenters. The fourth-order valence-corrected chi connectivity index (χ4v) is 4.95. The van der Waals surface area contributed by atoms with Crippen LogP contribution >= 0.6 is 11.8 Å². The van der Waals surface area contributed by atoms with Gasteiger partial charge in [0.1, 0.15) is 17.4 Å². The van der Waals surface area contributed by atoms with Crippen molar-refractivity contribution in [2.24, 2.45) is 5.92 Å². The fraction of sp³-hybridized carbons (Fsp3) is 0.440. The summed E-state index contributed by atoms with van der Waals surface area (Å²) in [7, 11) is 0. The first kappa shape index (κ1) is 21.9. The summed E-state index contributed by atoms with van der Waals surface area (Å²) in [5.74, 6) is 3.20. The molecule has 0 bridgehead atoms. The topological polar surface area (TPSA) is 86.8 Å². The number of hydrogen-bond acceptors (Lipinski definition) is 7. The van der Waals surface area contributed by atoms with Gasteiger partial charge in [-0.15, -0.1) is 0 Å².